The molecule has 6 aromatic rings. The first kappa shape index (κ1) is 68.3. The van der Waals surface area contributed by atoms with E-state index in [1.54, 1.807) is 0 Å². The summed E-state index contributed by atoms with van der Waals surface area (Å²) < 4.78 is 69.9. The van der Waals surface area contributed by atoms with Gasteiger partial charge in [-0.1, -0.05) is 84.9 Å². The van der Waals surface area contributed by atoms with Crippen molar-refractivity contribution in [3.63, 3.8) is 0 Å². The molecule has 4 heterocycles. The Morgan fingerprint density at radius 2 is 0.918 bits per heavy atom. The van der Waals surface area contributed by atoms with E-state index in [-0.39, 0.29) is 87.7 Å². The van der Waals surface area contributed by atoms with Gasteiger partial charge in [0.05, 0.1) is 48.5 Å². The highest BCUT2D eigenvalue weighted by Crippen LogP contribution is 2.34. The second kappa shape index (κ2) is 34.4. The number of nitrogens with one attached hydrogen (secondary N) is 3. The lowest BCUT2D eigenvalue weighted by Gasteiger charge is -2.21. The van der Waals surface area contributed by atoms with Crippen LogP contribution in [0.1, 0.15) is 118 Å². The molecule has 25 nitrogen and oxygen atoms in total. The molecule has 85 heavy (non-hydrogen) atoms. The van der Waals surface area contributed by atoms with Crippen LogP contribution in [0, 0.1) is 15.6 Å². The number of hydrogen-bond donors (Lipinski definition) is 3. The molecular formula is C59H81N9O16S. The van der Waals surface area contributed by atoms with E-state index in [4.69, 9.17) is 71.0 Å². The van der Waals surface area contributed by atoms with Gasteiger partial charge in [-0.05, 0) is 68.4 Å². The topological polar surface area (TPSA) is 320 Å². The maximum Gasteiger partial charge on any atom is 0.332 e. The number of rotatable bonds is 34. The van der Waals surface area contributed by atoms with Crippen LogP contribution in [0.5, 0.6) is 0 Å². The highest BCUT2D eigenvalue weighted by atomic mass is 32.2. The number of carbonyl (C=O) groups is 6. The maximum atomic E-state index is 13.0. The second-order valence-electron chi connectivity index (χ2n) is 22.1. The average molecular weight is 1200 g/mol. The van der Waals surface area contributed by atoms with Gasteiger partial charge in [-0.2, -0.15) is 13.2 Å². The van der Waals surface area contributed by atoms with Crippen molar-refractivity contribution >= 4 is 102 Å². The Morgan fingerprint density at radius 3 is 1.34 bits per heavy atom. The molecule has 0 fully saturated rings. The van der Waals surface area contributed by atoms with Crippen molar-refractivity contribution in [3.05, 3.63) is 60.2 Å². The number of amides is 2. The summed E-state index contributed by atoms with van der Waals surface area (Å²) in [5.41, 5.74) is 4.22. The van der Waals surface area contributed by atoms with E-state index in [2.05, 4.69) is 61.3 Å². The SMILES string of the molecule is CCOCc1nc2c(NC(=O)COCC(=O)OCCCCCC(=O)OCCOCCOC(=O)CCCCCOC(=O)COCC(=O)Nc3nc4ccccc4c4c3nc(CC)n4CC(C)(C)C)nc3ccccc3c2n1CC(C)(C)C.N=S(=O)=O. The molecule has 0 aliphatic carbocycles. The van der Waals surface area contributed by atoms with E-state index in [0.717, 1.165) is 45.5 Å². The van der Waals surface area contributed by atoms with Crippen molar-refractivity contribution in [1.82, 2.24) is 29.1 Å². The number of imidazole rings is 2. The molecule has 26 heteroatoms. The van der Waals surface area contributed by atoms with Gasteiger partial charge in [0.1, 0.15) is 68.9 Å². The molecule has 0 spiro atoms. The first-order valence-electron chi connectivity index (χ1n) is 28.5. The summed E-state index contributed by atoms with van der Waals surface area (Å²) in [6, 6.07) is 15.4. The molecule has 0 saturated carbocycles. The number of hydrogen-bond acceptors (Lipinski definition) is 21. The van der Waals surface area contributed by atoms with Gasteiger partial charge in [0.15, 0.2) is 11.6 Å². The molecule has 2 aromatic carbocycles. The Hall–Kier alpha value is -7.52. The minimum Gasteiger partial charge on any atom is -0.464 e. The van der Waals surface area contributed by atoms with Crippen LogP contribution in [0.3, 0.4) is 0 Å². The third-order valence-corrected chi connectivity index (χ3v) is 12.3. The van der Waals surface area contributed by atoms with Gasteiger partial charge in [-0.3, -0.25) is 19.2 Å². The molecule has 0 aliphatic rings. The number of para-hydroxylation sites is 2. The predicted molar refractivity (Wildman–Crippen MR) is 316 cm³/mol. The maximum absolute atomic E-state index is 13.0. The number of fused-ring (bicyclic) bond motifs is 6. The Balaban J connectivity index is 0.00000319. The number of unbranched alkanes of at least 4 members (excludes halogenated alkanes) is 4. The molecule has 0 saturated heterocycles. The van der Waals surface area contributed by atoms with Gasteiger partial charge in [0.2, 0.25) is 0 Å². The molecule has 4 aromatic heterocycles. The van der Waals surface area contributed by atoms with Gasteiger partial charge < -0.3 is 57.7 Å². The van der Waals surface area contributed by atoms with Crippen LogP contribution in [0.4, 0.5) is 11.6 Å². The van der Waals surface area contributed by atoms with Crippen LogP contribution in [-0.4, -0.2) is 146 Å². The lowest BCUT2D eigenvalue weighted by molar-refractivity contribution is -0.150. The molecule has 0 radical (unpaired) electrons. The number of carbonyl (C=O) groups excluding carboxylic acids is 6. The van der Waals surface area contributed by atoms with Gasteiger partial charge in [0.25, 0.3) is 11.8 Å². The molecule has 464 valence electrons. The molecule has 2 amide bonds. The van der Waals surface area contributed by atoms with E-state index in [1.807, 2.05) is 62.4 Å². The molecule has 6 rings (SSSR count). The molecule has 0 atom stereocenters. The number of aryl methyl sites for hydroxylation is 1. The van der Waals surface area contributed by atoms with E-state index in [1.165, 1.54) is 0 Å². The predicted octanol–water partition coefficient (Wildman–Crippen LogP) is 8.22. The summed E-state index contributed by atoms with van der Waals surface area (Å²) in [6.07, 6.45) is 4.45. The molecule has 0 bridgehead atoms. The summed E-state index contributed by atoms with van der Waals surface area (Å²) in [6.45, 7) is 18.2. The zero-order chi connectivity index (χ0) is 61.9. The highest BCUT2D eigenvalue weighted by Gasteiger charge is 2.25. The standard InChI is InChI=1S/C59H80N8O14.HNO2S/c1-9-44-62-52-54(66(44)38-58(3,4)5)40-21-15-17-23-42(40)60-56(52)64-46(68)34-76-36-50(72)78-27-19-11-13-25-48(70)80-31-29-75-30-32-81-49(71)26-14-12-20-28-79-51(73)37-77-35-47(69)65-57-53-55(41-22-16-18-24-43(41)61-57)67(39-59(6,7)8)45(63-53)33-74-10-2;1-4(2)3/h15-18,21-24H,9-14,19-20,25-39H2,1-8H3,(H,60,64,68)(H,61,65,69);1H. The summed E-state index contributed by atoms with van der Waals surface area (Å²) in [5, 5.41) is 7.49. The van der Waals surface area contributed by atoms with E-state index in [0.29, 0.717) is 87.1 Å². The minimum atomic E-state index is -2.61. The average Bonchev–Trinajstić information content (AvgIpc) is 3.46. The number of benzene rings is 2. The first-order valence-corrected chi connectivity index (χ1v) is 29.5. The number of anilines is 2. The lowest BCUT2D eigenvalue weighted by atomic mass is 9.96. The van der Waals surface area contributed by atoms with Crippen molar-refractivity contribution < 1.29 is 75.1 Å². The van der Waals surface area contributed by atoms with Gasteiger partial charge in [-0.15, -0.1) is 0 Å². The Morgan fingerprint density at radius 1 is 0.506 bits per heavy atom. The van der Waals surface area contributed by atoms with Crippen LogP contribution >= 0.6 is 0 Å². The second-order valence-corrected chi connectivity index (χ2v) is 22.6. The molecule has 0 unspecified atom stereocenters. The fourth-order valence-electron chi connectivity index (χ4n) is 8.82. The van der Waals surface area contributed by atoms with E-state index >= 15 is 0 Å². The van der Waals surface area contributed by atoms with Crippen molar-refractivity contribution in [2.24, 2.45) is 10.8 Å². The van der Waals surface area contributed by atoms with E-state index < -0.39 is 54.1 Å². The number of aromatic nitrogens is 6. The van der Waals surface area contributed by atoms with Crippen molar-refractivity contribution in [3.8, 4) is 0 Å². The zero-order valence-corrected chi connectivity index (χ0v) is 50.8. The van der Waals surface area contributed by atoms with Gasteiger partial charge >= 0.3 is 34.4 Å². The Labute approximate surface area is 496 Å². The van der Waals surface area contributed by atoms with Crippen LogP contribution in [0.25, 0.3) is 43.9 Å². The molecule has 3 N–H and O–H groups in total. The normalized spacial score (nSPS) is 11.6. The third-order valence-electron chi connectivity index (χ3n) is 12.3. The van der Waals surface area contributed by atoms with Crippen LogP contribution in [0.2, 0.25) is 0 Å². The zero-order valence-electron chi connectivity index (χ0n) is 50.0. The fraction of sp³-hybridized carbons (Fsp3) is 0.559. The number of nitrogens with zero attached hydrogens (tertiary/aromatic N) is 6. The Bertz CT molecular complexity index is 3330. The quantitative estimate of drug-likeness (QED) is 0.0194. The van der Waals surface area contributed by atoms with Gasteiger partial charge in [0, 0.05) is 49.7 Å². The number of pyridine rings is 2. The summed E-state index contributed by atoms with van der Waals surface area (Å²) in [5.74, 6) is -0.734. The van der Waals surface area contributed by atoms with Crippen molar-refractivity contribution in [2.75, 3.05) is 83.3 Å². The minimum absolute atomic E-state index is 0.0149. The smallest absolute Gasteiger partial charge is 0.332 e. The number of ether oxygens (including phenoxy) is 8. The summed E-state index contributed by atoms with van der Waals surface area (Å²) in [4.78, 5) is 93.9. The van der Waals surface area contributed by atoms with E-state index in [9.17, 15) is 28.8 Å². The lowest BCUT2D eigenvalue weighted by Crippen LogP contribution is -2.22. The van der Waals surface area contributed by atoms with Gasteiger partial charge in [-0.25, -0.2) is 29.5 Å². The van der Waals surface area contributed by atoms with Crippen molar-refractivity contribution in [2.45, 2.75) is 133 Å². The molecule has 0 aliphatic heterocycles. The van der Waals surface area contributed by atoms with Crippen LogP contribution in [0.15, 0.2) is 48.5 Å². The largest absolute Gasteiger partial charge is 0.464 e. The summed E-state index contributed by atoms with van der Waals surface area (Å²) >= 11 is 0. The summed E-state index contributed by atoms with van der Waals surface area (Å²) in [7, 11) is -2.61. The third kappa shape index (κ3) is 23.5. The highest BCUT2D eigenvalue weighted by molar-refractivity contribution is 7.60. The molecular weight excluding hydrogens is 1120 g/mol. The fourth-order valence-corrected chi connectivity index (χ4v) is 8.82. The van der Waals surface area contributed by atoms with Crippen molar-refractivity contribution in [1.29, 1.82) is 4.78 Å². The van der Waals surface area contributed by atoms with Crippen LogP contribution < -0.4 is 10.6 Å². The van der Waals surface area contributed by atoms with Crippen LogP contribution in [-0.2, 0) is 103 Å². The Kier molecular flexibility index (Phi) is 27.7. The number of esters is 4. The monoisotopic (exact) mass is 1200 g/mol. The first-order chi connectivity index (χ1) is 40.6.